The highest BCUT2D eigenvalue weighted by molar-refractivity contribution is 6.32. The summed E-state index contributed by atoms with van der Waals surface area (Å²) in [6, 6.07) is 3.33. The molecule has 0 amide bonds. The van der Waals surface area contributed by atoms with Crippen molar-refractivity contribution in [3.8, 4) is 11.5 Å². The van der Waals surface area contributed by atoms with Crippen LogP contribution in [0.4, 0.5) is 4.39 Å². The fraction of sp³-hybridized carbons (Fsp3) is 0.760. The van der Waals surface area contributed by atoms with Crippen molar-refractivity contribution in [2.45, 2.75) is 84.5 Å². The van der Waals surface area contributed by atoms with Crippen molar-refractivity contribution in [3.63, 3.8) is 0 Å². The second-order valence-corrected chi connectivity index (χ2v) is 9.71. The summed E-state index contributed by atoms with van der Waals surface area (Å²) in [6.07, 6.45) is 14.4. The van der Waals surface area contributed by atoms with E-state index in [1.54, 1.807) is 12.1 Å². The van der Waals surface area contributed by atoms with E-state index < -0.39 is 5.82 Å². The molecule has 0 saturated heterocycles. The normalized spacial score (nSPS) is 27.6. The zero-order valence-electron chi connectivity index (χ0n) is 18.2. The van der Waals surface area contributed by atoms with Crippen molar-refractivity contribution in [3.05, 3.63) is 23.0 Å². The third-order valence-corrected chi connectivity index (χ3v) is 7.46. The number of hydrogen-bond donors (Lipinski definition) is 0. The second kappa shape index (κ2) is 11.4. The lowest BCUT2D eigenvalue weighted by atomic mass is 9.69. The van der Waals surface area contributed by atoms with Crippen LogP contribution in [0.5, 0.6) is 11.5 Å². The highest BCUT2D eigenvalue weighted by Gasteiger charge is 2.29. The Morgan fingerprint density at radius 3 is 2.14 bits per heavy atom. The smallest absolute Gasteiger partial charge is 0.187 e. The van der Waals surface area contributed by atoms with E-state index in [-0.39, 0.29) is 10.8 Å². The first kappa shape index (κ1) is 22.7. The Kier molecular flexibility index (Phi) is 8.96. The molecule has 1 aromatic rings. The predicted molar refractivity (Wildman–Crippen MR) is 118 cm³/mol. The summed E-state index contributed by atoms with van der Waals surface area (Å²) < 4.78 is 25.4. The summed E-state index contributed by atoms with van der Waals surface area (Å²) in [4.78, 5) is 0. The van der Waals surface area contributed by atoms with E-state index in [4.69, 9.17) is 21.1 Å². The topological polar surface area (TPSA) is 18.5 Å². The molecule has 2 aliphatic rings. The standard InChI is InChI=1S/C25H38ClFO2/c1-3-16-28-23-15-14-22(24(26)25(23)27)29-17-4-5-19-8-12-21(13-9-19)20-10-6-18(2)7-11-20/h14-15,18-21H,3-13,16-17H2,1-2H3. The van der Waals surface area contributed by atoms with Crippen LogP contribution >= 0.6 is 11.6 Å². The zero-order valence-corrected chi connectivity index (χ0v) is 19.0. The van der Waals surface area contributed by atoms with Crippen molar-refractivity contribution >= 4 is 11.6 Å². The van der Waals surface area contributed by atoms with Gasteiger partial charge in [-0.3, -0.25) is 0 Å². The Bertz CT molecular complexity index is 619. The van der Waals surface area contributed by atoms with Crippen LogP contribution in [0.3, 0.4) is 0 Å². The molecule has 0 aromatic heterocycles. The van der Waals surface area contributed by atoms with E-state index in [1.165, 1.54) is 57.8 Å². The molecule has 3 rings (SSSR count). The van der Waals surface area contributed by atoms with E-state index >= 15 is 0 Å². The third-order valence-electron chi connectivity index (χ3n) is 7.11. The maximum atomic E-state index is 14.3. The second-order valence-electron chi connectivity index (χ2n) is 9.33. The molecule has 0 bridgehead atoms. The van der Waals surface area contributed by atoms with Gasteiger partial charge in [-0.2, -0.15) is 0 Å². The van der Waals surface area contributed by atoms with Crippen LogP contribution < -0.4 is 9.47 Å². The van der Waals surface area contributed by atoms with Crippen LogP contribution in [0.1, 0.15) is 84.5 Å². The summed E-state index contributed by atoms with van der Waals surface area (Å²) in [5, 5.41) is 0.0286. The maximum Gasteiger partial charge on any atom is 0.187 e. The average molecular weight is 425 g/mol. The highest BCUT2D eigenvalue weighted by Crippen LogP contribution is 2.42. The Morgan fingerprint density at radius 1 is 0.897 bits per heavy atom. The van der Waals surface area contributed by atoms with Crippen molar-refractivity contribution in [2.24, 2.45) is 23.7 Å². The molecule has 164 valence electrons. The lowest BCUT2D eigenvalue weighted by molar-refractivity contribution is 0.144. The quantitative estimate of drug-likeness (QED) is 0.373. The molecule has 0 N–H and O–H groups in total. The van der Waals surface area contributed by atoms with Gasteiger partial charge in [-0.05, 0) is 80.8 Å². The molecule has 2 fully saturated rings. The van der Waals surface area contributed by atoms with Gasteiger partial charge in [0.1, 0.15) is 10.8 Å². The SMILES string of the molecule is CCCOc1ccc(OCCCC2CCC(C3CCC(C)CC3)CC2)c(Cl)c1F. The lowest BCUT2D eigenvalue weighted by Crippen LogP contribution is -2.25. The summed E-state index contributed by atoms with van der Waals surface area (Å²) in [7, 11) is 0. The van der Waals surface area contributed by atoms with Crippen LogP contribution in [0.15, 0.2) is 12.1 Å². The van der Waals surface area contributed by atoms with Gasteiger partial charge >= 0.3 is 0 Å². The first-order chi connectivity index (χ1) is 14.1. The average Bonchev–Trinajstić information content (AvgIpc) is 2.74. The molecule has 1 aromatic carbocycles. The largest absolute Gasteiger partial charge is 0.492 e. The van der Waals surface area contributed by atoms with Crippen LogP contribution in [0.2, 0.25) is 5.02 Å². The van der Waals surface area contributed by atoms with Crippen molar-refractivity contribution in [1.82, 2.24) is 0 Å². The van der Waals surface area contributed by atoms with Crippen molar-refractivity contribution < 1.29 is 13.9 Å². The molecule has 2 saturated carbocycles. The van der Waals surface area contributed by atoms with Gasteiger partial charge in [0.15, 0.2) is 11.6 Å². The molecule has 0 spiro atoms. The van der Waals surface area contributed by atoms with Gasteiger partial charge in [0.25, 0.3) is 0 Å². The third kappa shape index (κ3) is 6.51. The Labute approximate surface area is 181 Å². The van der Waals surface area contributed by atoms with Crippen molar-refractivity contribution in [1.29, 1.82) is 0 Å². The molecule has 0 atom stereocenters. The molecule has 4 heteroatoms. The lowest BCUT2D eigenvalue weighted by Gasteiger charge is -2.37. The van der Waals surface area contributed by atoms with Crippen molar-refractivity contribution in [2.75, 3.05) is 13.2 Å². The molecule has 0 aliphatic heterocycles. The van der Waals surface area contributed by atoms with Crippen LogP contribution in [-0.4, -0.2) is 13.2 Å². The van der Waals surface area contributed by atoms with Gasteiger partial charge in [0.05, 0.1) is 13.2 Å². The Balaban J connectivity index is 1.34. The Morgan fingerprint density at radius 2 is 1.48 bits per heavy atom. The summed E-state index contributed by atoms with van der Waals surface area (Å²) in [5.41, 5.74) is 0. The van der Waals surface area contributed by atoms with Crippen LogP contribution in [0.25, 0.3) is 0 Å². The molecule has 0 radical (unpaired) electrons. The minimum atomic E-state index is -0.520. The fourth-order valence-electron chi connectivity index (χ4n) is 5.21. The van der Waals surface area contributed by atoms with Gasteiger partial charge in [-0.15, -0.1) is 0 Å². The number of benzene rings is 1. The summed E-state index contributed by atoms with van der Waals surface area (Å²) in [5.74, 6) is 3.85. The molecule has 2 nitrogen and oxygen atoms in total. The van der Waals surface area contributed by atoms with E-state index in [9.17, 15) is 4.39 Å². The van der Waals surface area contributed by atoms with Crippen LogP contribution in [0, 0.1) is 29.5 Å². The molecular formula is C25H38ClFO2. The van der Waals surface area contributed by atoms with Gasteiger partial charge in [0, 0.05) is 0 Å². The van der Waals surface area contributed by atoms with Gasteiger partial charge < -0.3 is 9.47 Å². The van der Waals surface area contributed by atoms with E-state index in [2.05, 4.69) is 6.92 Å². The fourth-order valence-corrected chi connectivity index (χ4v) is 5.42. The molecule has 0 heterocycles. The predicted octanol–water partition coefficient (Wildman–Crippen LogP) is 8.06. The molecular weight excluding hydrogens is 387 g/mol. The minimum Gasteiger partial charge on any atom is -0.492 e. The number of halogens is 2. The van der Waals surface area contributed by atoms with Gasteiger partial charge in [0.2, 0.25) is 0 Å². The monoisotopic (exact) mass is 424 g/mol. The first-order valence-corrected chi connectivity index (χ1v) is 12.2. The molecule has 0 unspecified atom stereocenters. The number of hydrogen-bond acceptors (Lipinski definition) is 2. The number of rotatable bonds is 9. The summed E-state index contributed by atoms with van der Waals surface area (Å²) >= 11 is 6.12. The van der Waals surface area contributed by atoms with Crippen LogP contribution in [-0.2, 0) is 0 Å². The highest BCUT2D eigenvalue weighted by atomic mass is 35.5. The molecule has 29 heavy (non-hydrogen) atoms. The van der Waals surface area contributed by atoms with Gasteiger partial charge in [-0.1, -0.05) is 51.1 Å². The summed E-state index contributed by atoms with van der Waals surface area (Å²) in [6.45, 7) is 5.47. The molecule has 2 aliphatic carbocycles. The number of ether oxygens (including phenoxy) is 2. The maximum absolute atomic E-state index is 14.3. The Hall–Kier alpha value is -0.960. The van der Waals surface area contributed by atoms with E-state index in [1.807, 2.05) is 6.92 Å². The van der Waals surface area contributed by atoms with E-state index in [0.29, 0.717) is 19.0 Å². The zero-order chi connectivity index (χ0) is 20.6. The van der Waals surface area contributed by atoms with E-state index in [0.717, 1.165) is 36.5 Å². The minimum absolute atomic E-state index is 0.0286. The first-order valence-electron chi connectivity index (χ1n) is 11.8. The van der Waals surface area contributed by atoms with Gasteiger partial charge in [-0.25, -0.2) is 4.39 Å².